The second kappa shape index (κ2) is 9.69. The molecule has 0 saturated carbocycles. The number of halogens is 1. The lowest BCUT2D eigenvalue weighted by Gasteiger charge is -2.13. The number of hydrogen-bond donors (Lipinski definition) is 3. The maximum absolute atomic E-state index is 12.2. The summed E-state index contributed by atoms with van der Waals surface area (Å²) in [6, 6.07) is 14.5. The van der Waals surface area contributed by atoms with Crippen LogP contribution in [0.5, 0.6) is 0 Å². The largest absolute Gasteiger partial charge is 0.399 e. The number of carbonyl (C=O) groups is 2. The summed E-state index contributed by atoms with van der Waals surface area (Å²) in [5.41, 5.74) is 8.48. The summed E-state index contributed by atoms with van der Waals surface area (Å²) in [6.45, 7) is 3.78. The number of nitrogens with one attached hydrogen (secondary N) is 2. The van der Waals surface area contributed by atoms with Crippen LogP contribution in [0.15, 0.2) is 48.5 Å². The third kappa shape index (κ3) is 6.12. The number of hydrogen-bond acceptors (Lipinski definition) is 3. The quantitative estimate of drug-likeness (QED) is 0.689. The van der Waals surface area contributed by atoms with Crippen LogP contribution in [0, 0.1) is 0 Å². The molecule has 2 aromatic carbocycles. The number of benzene rings is 2. The lowest BCUT2D eigenvalue weighted by molar-refractivity contribution is -0.116. The van der Waals surface area contributed by atoms with Crippen molar-refractivity contribution >= 4 is 35.6 Å². The standard InChI is InChI=1S/C19H23N3O2.ClH/c1-13(2)21-19(24)15-8-4-6-10-17(15)22-18(23)12-11-14-7-3-5-9-16(14)20;/h3-10,13H,11-12,20H2,1-2H3,(H,21,24)(H,22,23);1H. The molecule has 0 radical (unpaired) electrons. The Hall–Kier alpha value is -2.53. The van der Waals surface area contributed by atoms with Crippen LogP contribution >= 0.6 is 12.4 Å². The van der Waals surface area contributed by atoms with E-state index < -0.39 is 0 Å². The molecule has 0 aliphatic carbocycles. The van der Waals surface area contributed by atoms with Gasteiger partial charge in [0.2, 0.25) is 5.91 Å². The van der Waals surface area contributed by atoms with Crippen LogP contribution < -0.4 is 16.4 Å². The summed E-state index contributed by atoms with van der Waals surface area (Å²) in [6.07, 6.45) is 0.854. The third-order valence-electron chi connectivity index (χ3n) is 3.54. The summed E-state index contributed by atoms with van der Waals surface area (Å²) in [5.74, 6) is -0.351. The van der Waals surface area contributed by atoms with E-state index in [1.54, 1.807) is 24.3 Å². The smallest absolute Gasteiger partial charge is 0.253 e. The minimum Gasteiger partial charge on any atom is -0.399 e. The highest BCUT2D eigenvalue weighted by molar-refractivity contribution is 6.03. The van der Waals surface area contributed by atoms with Gasteiger partial charge in [-0.3, -0.25) is 9.59 Å². The first-order chi connectivity index (χ1) is 11.5. The molecule has 0 heterocycles. The van der Waals surface area contributed by atoms with Gasteiger partial charge in [-0.25, -0.2) is 0 Å². The summed E-state index contributed by atoms with van der Waals surface area (Å²) in [7, 11) is 0. The molecule has 0 aliphatic rings. The van der Waals surface area contributed by atoms with E-state index in [9.17, 15) is 9.59 Å². The van der Waals surface area contributed by atoms with E-state index in [2.05, 4.69) is 10.6 Å². The van der Waals surface area contributed by atoms with E-state index >= 15 is 0 Å². The van der Waals surface area contributed by atoms with Crippen molar-refractivity contribution in [1.29, 1.82) is 0 Å². The average molecular weight is 362 g/mol. The van der Waals surface area contributed by atoms with Gasteiger partial charge in [-0.2, -0.15) is 0 Å². The summed E-state index contributed by atoms with van der Waals surface area (Å²) in [5, 5.41) is 5.65. The molecule has 5 nitrogen and oxygen atoms in total. The van der Waals surface area contributed by atoms with Gasteiger partial charge in [0.05, 0.1) is 11.3 Å². The zero-order chi connectivity index (χ0) is 17.5. The molecule has 2 amide bonds. The number of nitrogen functional groups attached to an aromatic ring is 1. The first-order valence-corrected chi connectivity index (χ1v) is 8.00. The van der Waals surface area contributed by atoms with Crippen LogP contribution in [-0.2, 0) is 11.2 Å². The minimum absolute atomic E-state index is 0. The maximum atomic E-state index is 12.2. The Morgan fingerprint density at radius 1 is 1.04 bits per heavy atom. The van der Waals surface area contributed by atoms with Crippen LogP contribution in [0.2, 0.25) is 0 Å². The highest BCUT2D eigenvalue weighted by atomic mass is 35.5. The van der Waals surface area contributed by atoms with Crippen LogP contribution in [0.3, 0.4) is 0 Å². The molecular weight excluding hydrogens is 338 g/mol. The predicted molar refractivity (Wildman–Crippen MR) is 104 cm³/mol. The Kier molecular flexibility index (Phi) is 7.95. The number of para-hydroxylation sites is 2. The summed E-state index contributed by atoms with van der Waals surface area (Å²) >= 11 is 0. The molecule has 0 atom stereocenters. The number of aryl methyl sites for hydroxylation is 1. The van der Waals surface area contributed by atoms with E-state index in [0.29, 0.717) is 29.8 Å². The fraction of sp³-hybridized carbons (Fsp3) is 0.263. The normalized spacial score (nSPS) is 10.0. The molecule has 0 bridgehead atoms. The van der Waals surface area contributed by atoms with Crippen molar-refractivity contribution in [3.8, 4) is 0 Å². The zero-order valence-electron chi connectivity index (χ0n) is 14.4. The Labute approximate surface area is 154 Å². The highest BCUT2D eigenvalue weighted by Gasteiger charge is 2.14. The van der Waals surface area contributed by atoms with E-state index in [4.69, 9.17) is 5.73 Å². The van der Waals surface area contributed by atoms with E-state index in [0.717, 1.165) is 5.56 Å². The van der Waals surface area contributed by atoms with Crippen molar-refractivity contribution in [2.75, 3.05) is 11.1 Å². The van der Waals surface area contributed by atoms with Crippen LogP contribution in [0.4, 0.5) is 11.4 Å². The maximum Gasteiger partial charge on any atom is 0.253 e. The minimum atomic E-state index is -0.201. The van der Waals surface area contributed by atoms with Gasteiger partial charge >= 0.3 is 0 Å². The zero-order valence-corrected chi connectivity index (χ0v) is 15.2. The van der Waals surface area contributed by atoms with Crippen molar-refractivity contribution in [3.63, 3.8) is 0 Å². The van der Waals surface area contributed by atoms with Crippen molar-refractivity contribution in [2.45, 2.75) is 32.7 Å². The van der Waals surface area contributed by atoms with Crippen molar-refractivity contribution in [3.05, 3.63) is 59.7 Å². The molecule has 2 aromatic rings. The molecule has 134 valence electrons. The Bertz CT molecular complexity index is 732. The van der Waals surface area contributed by atoms with Gasteiger partial charge in [-0.05, 0) is 44.0 Å². The van der Waals surface area contributed by atoms with Gasteiger partial charge in [0, 0.05) is 18.2 Å². The van der Waals surface area contributed by atoms with Crippen molar-refractivity contribution < 1.29 is 9.59 Å². The molecular formula is C19H24ClN3O2. The third-order valence-corrected chi connectivity index (χ3v) is 3.54. The second-order valence-electron chi connectivity index (χ2n) is 5.92. The van der Waals surface area contributed by atoms with Gasteiger partial charge in [-0.15, -0.1) is 12.4 Å². The van der Waals surface area contributed by atoms with Gasteiger partial charge in [-0.1, -0.05) is 30.3 Å². The molecule has 2 rings (SSSR count). The van der Waals surface area contributed by atoms with E-state index in [1.165, 1.54) is 0 Å². The molecule has 0 aromatic heterocycles. The SMILES string of the molecule is CC(C)NC(=O)c1ccccc1NC(=O)CCc1ccccc1N.Cl. The molecule has 0 fully saturated rings. The molecule has 0 aliphatic heterocycles. The fourth-order valence-corrected chi connectivity index (χ4v) is 2.35. The summed E-state index contributed by atoms with van der Waals surface area (Å²) < 4.78 is 0. The first kappa shape index (κ1) is 20.5. The monoisotopic (exact) mass is 361 g/mol. The average Bonchev–Trinajstić information content (AvgIpc) is 2.54. The molecule has 0 spiro atoms. The Balaban J connectivity index is 0.00000312. The molecule has 0 unspecified atom stereocenters. The lowest BCUT2D eigenvalue weighted by Crippen LogP contribution is -2.31. The van der Waals surface area contributed by atoms with E-state index in [1.807, 2.05) is 38.1 Å². The molecule has 6 heteroatoms. The first-order valence-electron chi connectivity index (χ1n) is 8.00. The number of nitrogens with two attached hydrogens (primary N) is 1. The van der Waals surface area contributed by atoms with Gasteiger partial charge in [0.25, 0.3) is 5.91 Å². The van der Waals surface area contributed by atoms with Gasteiger partial charge in [0.15, 0.2) is 0 Å². The molecule has 4 N–H and O–H groups in total. The summed E-state index contributed by atoms with van der Waals surface area (Å²) in [4.78, 5) is 24.4. The Morgan fingerprint density at radius 3 is 2.36 bits per heavy atom. The molecule has 25 heavy (non-hydrogen) atoms. The van der Waals surface area contributed by atoms with Crippen LogP contribution in [-0.4, -0.2) is 17.9 Å². The second-order valence-corrected chi connectivity index (χ2v) is 5.92. The highest BCUT2D eigenvalue weighted by Crippen LogP contribution is 2.17. The fourth-order valence-electron chi connectivity index (χ4n) is 2.35. The van der Waals surface area contributed by atoms with E-state index in [-0.39, 0.29) is 30.3 Å². The lowest BCUT2D eigenvalue weighted by atomic mass is 10.1. The number of anilines is 2. The Morgan fingerprint density at radius 2 is 1.68 bits per heavy atom. The van der Waals surface area contributed by atoms with Crippen molar-refractivity contribution in [2.24, 2.45) is 0 Å². The topological polar surface area (TPSA) is 84.2 Å². The number of amides is 2. The van der Waals surface area contributed by atoms with Crippen molar-refractivity contribution in [1.82, 2.24) is 5.32 Å². The number of rotatable bonds is 6. The number of carbonyl (C=O) groups excluding carboxylic acids is 2. The molecule has 0 saturated heterocycles. The van der Waals surface area contributed by atoms with Crippen LogP contribution in [0.25, 0.3) is 0 Å². The van der Waals surface area contributed by atoms with Gasteiger partial charge < -0.3 is 16.4 Å². The predicted octanol–water partition coefficient (Wildman–Crippen LogP) is 3.40. The van der Waals surface area contributed by atoms with Gasteiger partial charge in [0.1, 0.15) is 0 Å². The van der Waals surface area contributed by atoms with Crippen LogP contribution in [0.1, 0.15) is 36.2 Å².